The van der Waals surface area contributed by atoms with Gasteiger partial charge in [-0.1, -0.05) is 39.3 Å². The summed E-state index contributed by atoms with van der Waals surface area (Å²) in [5.41, 5.74) is 0.697. The van der Waals surface area contributed by atoms with Crippen LogP contribution in [0.4, 0.5) is 5.69 Å². The Morgan fingerprint density at radius 2 is 1.63 bits per heavy atom. The zero-order valence-corrected chi connectivity index (χ0v) is 25.1. The molecule has 2 saturated heterocycles. The molecule has 0 aliphatic carbocycles. The molecule has 2 aliphatic rings. The minimum Gasteiger partial charge on any atom is -0.457 e. The first-order valence-electron chi connectivity index (χ1n) is 14.3. The van der Waals surface area contributed by atoms with E-state index in [-0.39, 0.29) is 17.7 Å². The van der Waals surface area contributed by atoms with Crippen molar-refractivity contribution in [3.63, 3.8) is 0 Å². The van der Waals surface area contributed by atoms with Crippen molar-refractivity contribution in [1.82, 2.24) is 15.1 Å². The Hall–Kier alpha value is -3.15. The van der Waals surface area contributed by atoms with Gasteiger partial charge < -0.3 is 20.1 Å². The summed E-state index contributed by atoms with van der Waals surface area (Å²) in [6.45, 7) is 8.33. The van der Waals surface area contributed by atoms with E-state index in [2.05, 4.69) is 21.9 Å². The van der Waals surface area contributed by atoms with E-state index in [0.717, 1.165) is 24.7 Å². The highest BCUT2D eigenvalue weighted by molar-refractivity contribution is 7.92. The summed E-state index contributed by atoms with van der Waals surface area (Å²) >= 11 is 0. The minimum atomic E-state index is -3.34. The van der Waals surface area contributed by atoms with Crippen LogP contribution in [0.3, 0.4) is 0 Å². The lowest BCUT2D eigenvalue weighted by Gasteiger charge is -2.52. The second kappa shape index (κ2) is 12.8. The van der Waals surface area contributed by atoms with E-state index in [4.69, 9.17) is 4.74 Å². The predicted molar refractivity (Wildman–Crippen MR) is 158 cm³/mol. The molecule has 4 rings (SSSR count). The number of carbonyl (C=O) groups is 2. The molecule has 41 heavy (non-hydrogen) atoms. The Balaban J connectivity index is 1.36. The Morgan fingerprint density at radius 1 is 1.05 bits per heavy atom. The van der Waals surface area contributed by atoms with Crippen molar-refractivity contribution in [2.75, 3.05) is 30.6 Å². The van der Waals surface area contributed by atoms with Gasteiger partial charge in [-0.15, -0.1) is 0 Å². The molecular weight excluding hydrogens is 544 g/mol. The maximum atomic E-state index is 13.5. The Kier molecular flexibility index (Phi) is 9.61. The van der Waals surface area contributed by atoms with E-state index in [1.54, 1.807) is 29.2 Å². The molecule has 2 aromatic carbocycles. The fourth-order valence-electron chi connectivity index (χ4n) is 5.54. The molecule has 11 heteroatoms. The average Bonchev–Trinajstić information content (AvgIpc) is 2.93. The molecule has 0 radical (unpaired) electrons. The van der Waals surface area contributed by atoms with Crippen LogP contribution in [0.1, 0.15) is 52.0 Å². The number of rotatable bonds is 11. The number of hydrogen-bond donors (Lipinski definition) is 3. The molecule has 2 atom stereocenters. The van der Waals surface area contributed by atoms with Crippen molar-refractivity contribution >= 4 is 27.5 Å². The van der Waals surface area contributed by atoms with Crippen molar-refractivity contribution in [2.45, 2.75) is 70.7 Å². The number of amides is 2. The van der Waals surface area contributed by atoms with Gasteiger partial charge >= 0.3 is 0 Å². The number of nitrogens with zero attached hydrogens (tertiary/aromatic N) is 2. The third-order valence-corrected chi connectivity index (χ3v) is 8.53. The molecule has 2 heterocycles. The van der Waals surface area contributed by atoms with Gasteiger partial charge in [0.1, 0.15) is 23.1 Å². The molecule has 1 spiro atoms. The van der Waals surface area contributed by atoms with Crippen molar-refractivity contribution in [1.29, 1.82) is 0 Å². The van der Waals surface area contributed by atoms with E-state index >= 15 is 0 Å². The zero-order valence-electron chi connectivity index (χ0n) is 24.3. The van der Waals surface area contributed by atoms with E-state index < -0.39 is 27.7 Å². The summed E-state index contributed by atoms with van der Waals surface area (Å²) in [5, 5.41) is 13.5. The zero-order chi connectivity index (χ0) is 29.8. The lowest BCUT2D eigenvalue weighted by atomic mass is 9.80. The molecular formula is C30H42N4O6S. The average molecular weight is 587 g/mol. The Morgan fingerprint density at radius 3 is 2.17 bits per heavy atom. The summed E-state index contributed by atoms with van der Waals surface area (Å²) in [7, 11) is -3.34. The van der Waals surface area contributed by atoms with Gasteiger partial charge in [-0.2, -0.15) is 0 Å². The van der Waals surface area contributed by atoms with Crippen molar-refractivity contribution in [3.8, 4) is 11.5 Å². The number of aliphatic hydroxyl groups is 1. The number of piperidine rings is 1. The first-order valence-corrected chi connectivity index (χ1v) is 16.2. The third-order valence-electron chi connectivity index (χ3n) is 7.92. The van der Waals surface area contributed by atoms with Gasteiger partial charge in [0.25, 0.3) is 0 Å². The molecule has 0 bridgehead atoms. The number of unbranched alkanes of at least 4 members (excludes halogenated alkanes) is 1. The van der Waals surface area contributed by atoms with Crippen LogP contribution in [-0.4, -0.2) is 78.7 Å². The number of sulfonamides is 1. The number of hydrogen-bond acceptors (Lipinski definition) is 7. The molecule has 0 aromatic heterocycles. The number of ether oxygens (including phenoxy) is 1. The van der Waals surface area contributed by atoms with Crippen molar-refractivity contribution < 1.29 is 27.9 Å². The van der Waals surface area contributed by atoms with Crippen molar-refractivity contribution in [2.24, 2.45) is 5.92 Å². The highest BCUT2D eigenvalue weighted by Crippen LogP contribution is 2.35. The number of aliphatic hydroxyl groups excluding tert-OH is 1. The molecule has 0 saturated carbocycles. The molecule has 2 aliphatic heterocycles. The van der Waals surface area contributed by atoms with E-state index in [0.29, 0.717) is 56.2 Å². The number of benzene rings is 2. The number of likely N-dealkylation sites (tertiary alicyclic amines) is 1. The number of anilines is 1. The Labute approximate surface area is 243 Å². The van der Waals surface area contributed by atoms with Crippen LogP contribution in [-0.2, 0) is 26.2 Å². The summed E-state index contributed by atoms with van der Waals surface area (Å²) in [6, 6.07) is 13.6. The summed E-state index contributed by atoms with van der Waals surface area (Å²) in [4.78, 5) is 31.0. The number of nitrogens with one attached hydrogen (secondary N) is 2. The van der Waals surface area contributed by atoms with Gasteiger partial charge in [-0.05, 0) is 67.1 Å². The lowest BCUT2D eigenvalue weighted by Crippen LogP contribution is -2.74. The molecule has 2 aromatic rings. The maximum absolute atomic E-state index is 13.5. The first kappa shape index (κ1) is 30.8. The molecule has 224 valence electrons. The lowest BCUT2D eigenvalue weighted by molar-refractivity contribution is -0.165. The molecule has 0 unspecified atom stereocenters. The number of piperazine rings is 1. The van der Waals surface area contributed by atoms with Crippen LogP contribution in [0, 0.1) is 5.92 Å². The topological polar surface area (TPSA) is 128 Å². The van der Waals surface area contributed by atoms with Crippen LogP contribution < -0.4 is 14.8 Å². The molecule has 10 nitrogen and oxygen atoms in total. The van der Waals surface area contributed by atoms with E-state index in [9.17, 15) is 23.1 Å². The van der Waals surface area contributed by atoms with Gasteiger partial charge in [0.05, 0.1) is 12.4 Å². The van der Waals surface area contributed by atoms with Crippen LogP contribution in [0.15, 0.2) is 48.5 Å². The highest BCUT2D eigenvalue weighted by atomic mass is 32.2. The molecule has 2 fully saturated rings. The van der Waals surface area contributed by atoms with Gasteiger partial charge in [-0.25, -0.2) is 8.42 Å². The second-order valence-corrected chi connectivity index (χ2v) is 13.2. The normalized spacial score (nSPS) is 20.2. The van der Waals surface area contributed by atoms with Gasteiger partial charge in [0, 0.05) is 31.9 Å². The standard InChI is InChI=1S/C30H42N4O6S/c1-5-6-17-34-28(36)26(27(35)21(2)3)31-29(37)30(34)15-18-33(19-16-30)20-22-7-11-24(12-8-22)40-25-13-9-23(10-14-25)32-41(4,38)39/h7-14,21,26-27,32,35H,5-6,15-20H2,1-4H3,(H,31,37)/t26-,27-/m1/s1. The van der Waals surface area contributed by atoms with Gasteiger partial charge in [-0.3, -0.25) is 19.2 Å². The monoisotopic (exact) mass is 586 g/mol. The van der Waals surface area contributed by atoms with Crippen LogP contribution in [0.2, 0.25) is 0 Å². The molecule has 3 N–H and O–H groups in total. The van der Waals surface area contributed by atoms with Gasteiger partial charge in [0.2, 0.25) is 21.8 Å². The summed E-state index contributed by atoms with van der Waals surface area (Å²) < 4.78 is 31.1. The SMILES string of the molecule is CCCCN1C(=O)[C@@H]([C@H](O)C(C)C)NC(=O)C12CCN(Cc1ccc(Oc3ccc(NS(C)(=O)=O)cc3)cc1)CC2. The number of carbonyl (C=O) groups excluding carboxylic acids is 2. The fraction of sp³-hybridized carbons (Fsp3) is 0.533. The summed E-state index contributed by atoms with van der Waals surface area (Å²) in [6.07, 6.45) is 3.00. The van der Waals surface area contributed by atoms with Gasteiger partial charge in [0.15, 0.2) is 0 Å². The summed E-state index contributed by atoms with van der Waals surface area (Å²) in [5.74, 6) is 0.782. The van der Waals surface area contributed by atoms with Crippen LogP contribution >= 0.6 is 0 Å². The second-order valence-electron chi connectivity index (χ2n) is 11.5. The predicted octanol–water partition coefficient (Wildman–Crippen LogP) is 3.33. The largest absolute Gasteiger partial charge is 0.457 e. The van der Waals surface area contributed by atoms with Crippen LogP contribution in [0.5, 0.6) is 11.5 Å². The Bertz CT molecular complexity index is 1310. The van der Waals surface area contributed by atoms with Crippen molar-refractivity contribution in [3.05, 3.63) is 54.1 Å². The van der Waals surface area contributed by atoms with Crippen LogP contribution in [0.25, 0.3) is 0 Å². The fourth-order valence-corrected chi connectivity index (χ4v) is 6.10. The molecule has 2 amide bonds. The minimum absolute atomic E-state index is 0.144. The highest BCUT2D eigenvalue weighted by Gasteiger charge is 2.54. The first-order chi connectivity index (χ1) is 19.4. The third kappa shape index (κ3) is 7.38. The van der Waals surface area contributed by atoms with E-state index in [1.807, 2.05) is 38.1 Å². The maximum Gasteiger partial charge on any atom is 0.248 e. The smallest absolute Gasteiger partial charge is 0.248 e. The quantitative estimate of drug-likeness (QED) is 0.369. The van der Waals surface area contributed by atoms with E-state index in [1.165, 1.54) is 0 Å².